The molecule has 8 nitrogen and oxygen atoms in total. The van der Waals surface area contributed by atoms with Gasteiger partial charge in [0.1, 0.15) is 0 Å². The summed E-state index contributed by atoms with van der Waals surface area (Å²) in [6, 6.07) is 6.16. The zero-order valence-corrected chi connectivity index (χ0v) is 17.7. The maximum absolute atomic E-state index is 11.3. The summed E-state index contributed by atoms with van der Waals surface area (Å²) < 4.78 is 1.06. The van der Waals surface area contributed by atoms with E-state index in [-0.39, 0.29) is 5.56 Å². The van der Waals surface area contributed by atoms with Gasteiger partial charge in [-0.3, -0.25) is 10.0 Å². The summed E-state index contributed by atoms with van der Waals surface area (Å²) in [7, 11) is 0. The lowest BCUT2D eigenvalue weighted by Crippen LogP contribution is -2.38. The van der Waals surface area contributed by atoms with Gasteiger partial charge in [-0.25, -0.2) is 15.4 Å². The van der Waals surface area contributed by atoms with E-state index < -0.39 is 5.91 Å². The highest BCUT2D eigenvalue weighted by Gasteiger charge is 2.21. The fourth-order valence-electron chi connectivity index (χ4n) is 3.37. The van der Waals surface area contributed by atoms with E-state index in [1.165, 1.54) is 18.0 Å². The lowest BCUT2D eigenvalue weighted by molar-refractivity contribution is 0.0705. The van der Waals surface area contributed by atoms with E-state index in [0.29, 0.717) is 11.9 Å². The fraction of sp³-hybridized carbons (Fsp3) is 0.350. The molecule has 4 N–H and O–H groups in total. The first kappa shape index (κ1) is 21.2. The Labute approximate surface area is 178 Å². The van der Waals surface area contributed by atoms with Gasteiger partial charge in [0.05, 0.1) is 5.56 Å². The molecule has 1 fully saturated rings. The van der Waals surface area contributed by atoms with Crippen molar-refractivity contribution < 1.29 is 10.0 Å². The molecule has 1 saturated heterocycles. The van der Waals surface area contributed by atoms with E-state index in [4.69, 9.17) is 5.21 Å². The number of hydrogen-bond acceptors (Lipinski definition) is 7. The predicted octanol–water partition coefficient (Wildman–Crippen LogP) is 2.92. The second-order valence-electron chi connectivity index (χ2n) is 6.92. The molecule has 154 valence electrons. The summed E-state index contributed by atoms with van der Waals surface area (Å²) in [6.45, 7) is 7.21. The highest BCUT2D eigenvalue weighted by Crippen LogP contribution is 2.23. The first-order valence-corrected chi connectivity index (χ1v) is 10.3. The minimum atomic E-state index is -0.613. The van der Waals surface area contributed by atoms with Crippen LogP contribution in [0.3, 0.4) is 0 Å². The zero-order valence-electron chi connectivity index (χ0n) is 16.1. The van der Waals surface area contributed by atoms with E-state index in [1.54, 1.807) is 11.7 Å². The molecule has 0 aliphatic carbocycles. The molecule has 29 heavy (non-hydrogen) atoms. The second kappa shape index (κ2) is 10.3. The largest absolute Gasteiger partial charge is 0.362 e. The van der Waals surface area contributed by atoms with Crippen molar-refractivity contribution in [3.05, 3.63) is 59.0 Å². The lowest BCUT2D eigenvalue weighted by atomic mass is 9.97. The molecule has 1 amide bonds. The van der Waals surface area contributed by atoms with E-state index in [2.05, 4.69) is 54.1 Å². The van der Waals surface area contributed by atoms with Gasteiger partial charge in [-0.05, 0) is 55.3 Å². The third-order valence-corrected chi connectivity index (χ3v) is 5.47. The van der Waals surface area contributed by atoms with E-state index >= 15 is 0 Å². The van der Waals surface area contributed by atoms with Crippen LogP contribution in [0.5, 0.6) is 0 Å². The average Bonchev–Trinajstić information content (AvgIpc) is 2.76. The minimum Gasteiger partial charge on any atom is -0.362 e. The van der Waals surface area contributed by atoms with Crippen LogP contribution >= 0.6 is 15.9 Å². The number of benzene rings is 1. The molecule has 0 atom stereocenters. The number of nitrogens with zero attached hydrogens (tertiary/aromatic N) is 3. The van der Waals surface area contributed by atoms with E-state index in [0.717, 1.165) is 49.2 Å². The number of carbonyl (C=O) groups excluding carboxylic acids is 1. The highest BCUT2D eigenvalue weighted by molar-refractivity contribution is 9.10. The number of hydroxylamine groups is 1. The Kier molecular flexibility index (Phi) is 7.56. The standard InChI is InChI=1S/C20H25BrN6O2/c1-2-23-18-4-3-17(21)9-15(18)11-22-10-14-5-7-27(8-6-14)20-24-12-16(13-25-20)19(28)26-29/h2-4,9,12-14,22-23,29H,1,5-8,10-11H2,(H,26,28). The quantitative estimate of drug-likeness (QED) is 0.354. The average molecular weight is 461 g/mol. The Morgan fingerprint density at radius 1 is 1.31 bits per heavy atom. The van der Waals surface area contributed by atoms with Crippen molar-refractivity contribution in [3.8, 4) is 0 Å². The Morgan fingerprint density at radius 2 is 2.03 bits per heavy atom. The van der Waals surface area contributed by atoms with E-state index in [9.17, 15) is 4.79 Å². The van der Waals surface area contributed by atoms with Crippen LogP contribution in [0.25, 0.3) is 0 Å². The molecule has 0 spiro atoms. The van der Waals surface area contributed by atoms with Gasteiger partial charge < -0.3 is 15.5 Å². The molecule has 0 saturated carbocycles. The van der Waals surface area contributed by atoms with Gasteiger partial charge in [0, 0.05) is 42.2 Å². The SMILES string of the molecule is C=CNc1ccc(Br)cc1CNCC1CCN(c2ncc(C(=O)NO)cn2)CC1. The monoisotopic (exact) mass is 460 g/mol. The normalized spacial score (nSPS) is 14.5. The van der Waals surface area contributed by atoms with Gasteiger partial charge in [0.2, 0.25) is 5.95 Å². The van der Waals surface area contributed by atoms with E-state index in [1.807, 2.05) is 12.1 Å². The van der Waals surface area contributed by atoms with Crippen LogP contribution in [0.1, 0.15) is 28.8 Å². The summed E-state index contributed by atoms with van der Waals surface area (Å²) in [5, 5.41) is 15.4. The summed E-state index contributed by atoms with van der Waals surface area (Å²) in [5.41, 5.74) is 4.06. The van der Waals surface area contributed by atoms with Crippen LogP contribution in [0.2, 0.25) is 0 Å². The topological polar surface area (TPSA) is 102 Å². The predicted molar refractivity (Wildman–Crippen MR) is 116 cm³/mol. The number of hydrogen-bond donors (Lipinski definition) is 4. The molecule has 2 heterocycles. The number of halogens is 1. The first-order chi connectivity index (χ1) is 14.1. The van der Waals surface area contributed by atoms with Crippen LogP contribution in [0.4, 0.5) is 11.6 Å². The first-order valence-electron chi connectivity index (χ1n) is 9.48. The number of piperidine rings is 1. The smallest absolute Gasteiger partial charge is 0.277 e. The molecule has 1 aromatic carbocycles. The molecule has 9 heteroatoms. The molecule has 1 aliphatic heterocycles. The molecule has 2 aromatic rings. The second-order valence-corrected chi connectivity index (χ2v) is 7.84. The molecular weight excluding hydrogens is 436 g/mol. The third kappa shape index (κ3) is 5.75. The van der Waals surface area contributed by atoms with Gasteiger partial charge in [-0.1, -0.05) is 22.5 Å². The number of nitrogens with one attached hydrogen (secondary N) is 3. The summed E-state index contributed by atoms with van der Waals surface area (Å²) in [4.78, 5) is 22.0. The van der Waals surface area contributed by atoms with Crippen molar-refractivity contribution in [2.24, 2.45) is 5.92 Å². The van der Waals surface area contributed by atoms with Crippen LogP contribution in [-0.2, 0) is 6.54 Å². The van der Waals surface area contributed by atoms with Crippen LogP contribution in [0.15, 0.2) is 47.8 Å². The van der Waals surface area contributed by atoms with Crippen LogP contribution in [-0.4, -0.2) is 40.7 Å². The number of carbonyl (C=O) groups is 1. The maximum atomic E-state index is 11.3. The molecule has 1 aliphatic rings. The zero-order chi connectivity index (χ0) is 20.6. The Balaban J connectivity index is 1.46. The fourth-order valence-corrected chi connectivity index (χ4v) is 3.78. The van der Waals surface area contributed by atoms with Gasteiger partial charge in [0.15, 0.2) is 0 Å². The van der Waals surface area contributed by atoms with Crippen molar-refractivity contribution in [2.75, 3.05) is 29.9 Å². The molecular formula is C20H25BrN6O2. The van der Waals surface area contributed by atoms with Crippen LogP contribution < -0.4 is 21.0 Å². The van der Waals surface area contributed by atoms with Gasteiger partial charge in [0.25, 0.3) is 5.91 Å². The van der Waals surface area contributed by atoms with Crippen molar-refractivity contribution in [2.45, 2.75) is 19.4 Å². The number of rotatable bonds is 8. The van der Waals surface area contributed by atoms with Gasteiger partial charge in [-0.15, -0.1) is 0 Å². The van der Waals surface area contributed by atoms with Crippen molar-refractivity contribution in [1.82, 2.24) is 20.8 Å². The Hall–Kier alpha value is -2.49. The molecule has 0 unspecified atom stereocenters. The van der Waals surface area contributed by atoms with Crippen molar-refractivity contribution >= 4 is 33.5 Å². The summed E-state index contributed by atoms with van der Waals surface area (Å²) in [5.74, 6) is 0.590. The minimum absolute atomic E-state index is 0.230. The molecule has 3 rings (SSSR count). The molecule has 0 radical (unpaired) electrons. The van der Waals surface area contributed by atoms with Crippen LogP contribution in [0, 0.1) is 5.92 Å². The Morgan fingerprint density at radius 3 is 2.69 bits per heavy atom. The van der Waals surface area contributed by atoms with Crippen molar-refractivity contribution in [3.63, 3.8) is 0 Å². The Bertz CT molecular complexity index is 837. The lowest BCUT2D eigenvalue weighted by Gasteiger charge is -2.32. The molecule has 0 bridgehead atoms. The van der Waals surface area contributed by atoms with Crippen molar-refractivity contribution in [1.29, 1.82) is 0 Å². The summed E-state index contributed by atoms with van der Waals surface area (Å²) in [6.07, 6.45) is 6.63. The highest BCUT2D eigenvalue weighted by atomic mass is 79.9. The van der Waals surface area contributed by atoms with Gasteiger partial charge in [-0.2, -0.15) is 0 Å². The third-order valence-electron chi connectivity index (χ3n) is 4.97. The number of anilines is 2. The van der Waals surface area contributed by atoms with Gasteiger partial charge >= 0.3 is 0 Å². The number of aromatic nitrogens is 2. The summed E-state index contributed by atoms with van der Waals surface area (Å²) >= 11 is 3.53. The maximum Gasteiger partial charge on any atom is 0.277 e. The number of amides is 1. The molecule has 1 aromatic heterocycles.